The molecule has 0 amide bonds. The van der Waals surface area contributed by atoms with Gasteiger partial charge in [-0.2, -0.15) is 0 Å². The Morgan fingerprint density at radius 2 is 0.968 bits per heavy atom. The number of para-hydroxylation sites is 6. The van der Waals surface area contributed by atoms with Gasteiger partial charge < -0.3 is 53.4 Å². The van der Waals surface area contributed by atoms with Gasteiger partial charge in [0.1, 0.15) is 0 Å². The minimum Gasteiger partial charge on any atom is -1.00 e. The van der Waals surface area contributed by atoms with E-state index in [4.69, 9.17) is 30.8 Å². The number of aryl methyl sites for hydroxylation is 3. The molecular formula is C66H66K2N8NaO14S3-. The number of fused-ring (bicyclic) bond motifs is 6. The molecule has 0 fully saturated rings. The number of aromatic amines is 1. The first-order chi connectivity index (χ1) is 43.6. The zero-order valence-electron chi connectivity index (χ0n) is 54.2. The second-order valence-corrected chi connectivity index (χ2v) is 21.6. The van der Waals surface area contributed by atoms with E-state index in [1.807, 2.05) is 83.4 Å². The molecule has 0 unspecified atom stereocenters. The summed E-state index contributed by atoms with van der Waals surface area (Å²) in [4.78, 5) is 84.9. The van der Waals surface area contributed by atoms with Crippen LogP contribution >= 0.6 is 34.0 Å². The smallest absolute Gasteiger partial charge is 1.00 e. The summed E-state index contributed by atoms with van der Waals surface area (Å²) in [5.41, 5.74) is 11.5. The number of benzene rings is 6. The molecule has 6 aromatic carbocycles. The Balaban J connectivity index is 0.000000632. The van der Waals surface area contributed by atoms with Crippen molar-refractivity contribution in [1.29, 1.82) is 0 Å². The molecular weight excluding hydrogens is 1330 g/mol. The molecule has 94 heavy (non-hydrogen) atoms. The second-order valence-electron chi connectivity index (χ2n) is 18.9. The van der Waals surface area contributed by atoms with Gasteiger partial charge in [-0.1, -0.05) is 72.8 Å². The van der Waals surface area contributed by atoms with Crippen LogP contribution in [0.25, 0.3) is 81.6 Å². The van der Waals surface area contributed by atoms with Gasteiger partial charge in [-0.25, -0.2) is 28.8 Å². The molecule has 12 aromatic rings. The third kappa shape index (κ3) is 21.3. The first kappa shape index (κ1) is 84.1. The van der Waals surface area contributed by atoms with Crippen LogP contribution in [0.4, 0.5) is 0 Å². The van der Waals surface area contributed by atoms with E-state index in [2.05, 4.69) is 112 Å². The maximum absolute atomic E-state index is 13.1. The van der Waals surface area contributed by atoms with Crippen molar-refractivity contribution in [3.8, 4) is 12.3 Å². The number of terminal acetylenes is 1. The number of aliphatic hydroxyl groups excluding tert-OH is 1. The number of H-pyrrole nitrogens is 1. The number of carbonyl (C=O) groups excluding carboxylic acids is 3. The van der Waals surface area contributed by atoms with E-state index in [9.17, 15) is 28.8 Å². The molecule has 0 bridgehead atoms. The Bertz CT molecular complexity index is 4770. The van der Waals surface area contributed by atoms with Crippen molar-refractivity contribution >= 4 is 134 Å². The standard InChI is InChI=1S/C22H20N2O3S.C20H16N2O3S.C17H14N2OS.C5H6O2.CH2O3.CH4O.2K.H3N2.Na.H2O.H/c1-3-27-20(25)11-12-23-17-8-4-5-9-18(17)24(22(23)26)13-16-14-28-19-10-6-7-15(2)21(16)19;1-13-5-4-8-17-19(13)14(12-26-17)11-22-16-7-3-2-6-15(16)21(20(22)25)10-9-18(23)24;1-11-5-4-8-15-16(11)12(10-21-15)9-19-14-7-3-2-6-13(14)18-17(19)20;1-3-5(6)7-4-2;2-1-4-3;1-2;;;1-2;;;/h4-12,14H,3,13H2,1-2H3;2-10,12H,11H2,1H3,(H,23,24);2-8,10H,9H2,1H3,(H,18,20);1H,4H2,2H3;1,3H;2H,1H3;;;1H,2H2;;1H2;/q;;;;;;2*+1;-1;+1;;-1/p-2/b12-11+;10-9+;;;;;;;;;;. The number of hydrogen-bond donors (Lipinski definition) is 4. The van der Waals surface area contributed by atoms with Crippen molar-refractivity contribution in [1.82, 2.24) is 27.8 Å². The van der Waals surface area contributed by atoms with E-state index >= 15 is 0 Å². The van der Waals surface area contributed by atoms with Crippen LogP contribution in [0.15, 0.2) is 170 Å². The number of aliphatic hydroxyl groups is 1. The summed E-state index contributed by atoms with van der Waals surface area (Å²) < 4.78 is 21.0. The molecule has 6 heterocycles. The number of carbonyl (C=O) groups is 4. The van der Waals surface area contributed by atoms with E-state index in [1.165, 1.54) is 80.1 Å². The van der Waals surface area contributed by atoms with Gasteiger partial charge in [-0.3, -0.25) is 27.6 Å². The predicted octanol–water partition coefficient (Wildman–Crippen LogP) is 1.32. The van der Waals surface area contributed by atoms with E-state index in [0.717, 1.165) is 51.9 Å². The van der Waals surface area contributed by atoms with Gasteiger partial charge in [0, 0.05) is 67.8 Å². The largest absolute Gasteiger partial charge is 1.00 e. The molecule has 6 aromatic heterocycles. The summed E-state index contributed by atoms with van der Waals surface area (Å²) in [5, 5.41) is 34.4. The van der Waals surface area contributed by atoms with Crippen molar-refractivity contribution < 1.29 is 188 Å². The average molecular weight is 1390 g/mol. The van der Waals surface area contributed by atoms with E-state index in [0.29, 0.717) is 38.4 Å². The number of imidazole rings is 3. The predicted molar refractivity (Wildman–Crippen MR) is 359 cm³/mol. The fourth-order valence-corrected chi connectivity index (χ4v) is 12.9. The normalized spacial score (nSPS) is 10.1. The molecule has 0 aliphatic heterocycles. The number of carboxylic acids is 1. The Morgan fingerprint density at radius 3 is 1.33 bits per heavy atom. The van der Waals surface area contributed by atoms with Gasteiger partial charge in [0.05, 0.1) is 65.9 Å². The number of hydrogen-bond acceptors (Lipinski definition) is 17. The van der Waals surface area contributed by atoms with Crippen LogP contribution in [0.3, 0.4) is 0 Å². The average Bonchev–Trinajstić information content (AvgIpc) is 1.64. The molecule has 0 spiro atoms. The maximum Gasteiger partial charge on any atom is 1.00 e. The van der Waals surface area contributed by atoms with Crippen molar-refractivity contribution in [3.05, 3.63) is 226 Å². The second kappa shape index (κ2) is 42.5. The minimum atomic E-state index is -1.09. The molecule has 0 saturated heterocycles. The molecule has 22 nitrogen and oxygen atoms in total. The van der Waals surface area contributed by atoms with Crippen LogP contribution in [-0.4, -0.2) is 88.2 Å². The Hall–Kier alpha value is -6.00. The summed E-state index contributed by atoms with van der Waals surface area (Å²) in [6.45, 7) is 11.7. The fraction of sp³-hybridized carbons (Fsp3) is 0.167. The Kier molecular flexibility index (Phi) is 38.1. The van der Waals surface area contributed by atoms with Crippen molar-refractivity contribution in [3.63, 3.8) is 0 Å². The van der Waals surface area contributed by atoms with Crippen LogP contribution in [-0.2, 0) is 53.2 Å². The van der Waals surface area contributed by atoms with E-state index < -0.39 is 17.9 Å². The number of aliphatic carboxylic acids is 1. The maximum atomic E-state index is 13.1. The molecule has 7 N–H and O–H groups in total. The number of nitrogens with one attached hydrogen (secondary N) is 2. The SMILES string of the molecule is C#CC(=O)OCC.CCOC(=O)/C=C/n1c(=O)n(Cc2csc3cccc(C)c23)c2ccccc21.CO.Cc1cccc2scc(Cn3c(=O)[nH]c4ccccc43)c12.Cc1cccc2scc(Cn3c(=O)n(/C=C/C(=O)O)c4ccccc43)c12.O=CO[O-].[H-].[K+].[K+].[NH-]N.[Na+].[OH-]. The molecule has 12 rings (SSSR count). The van der Waals surface area contributed by atoms with E-state index in [-0.39, 0.29) is 163 Å². The summed E-state index contributed by atoms with van der Waals surface area (Å²) in [6, 6.07) is 41.6. The van der Waals surface area contributed by atoms with Crippen molar-refractivity contribution in [2.75, 3.05) is 20.3 Å². The monoisotopic (exact) mass is 1390 g/mol. The van der Waals surface area contributed by atoms with E-state index in [1.54, 1.807) is 62.9 Å². The van der Waals surface area contributed by atoms with Crippen LogP contribution in [0.2, 0.25) is 0 Å². The quantitative estimate of drug-likeness (QED) is 0.0146. The molecule has 0 atom stereocenters. The third-order valence-electron chi connectivity index (χ3n) is 13.5. The van der Waals surface area contributed by atoms with Crippen LogP contribution in [0.1, 0.15) is 48.7 Å². The molecule has 0 radical (unpaired) electrons. The van der Waals surface area contributed by atoms with Crippen molar-refractivity contribution in [2.24, 2.45) is 5.84 Å². The summed E-state index contributed by atoms with van der Waals surface area (Å²) in [6.07, 6.45) is 9.68. The number of rotatable bonds is 13. The zero-order chi connectivity index (χ0) is 65.4. The fourth-order valence-electron chi connectivity index (χ4n) is 9.85. The summed E-state index contributed by atoms with van der Waals surface area (Å²) in [7, 11) is 1.00. The van der Waals surface area contributed by atoms with Gasteiger partial charge in [-0.15, -0.1) is 40.4 Å². The number of carboxylic acid groups (broad SMARTS) is 1. The molecule has 0 saturated carbocycles. The topological polar surface area (TPSA) is 331 Å². The number of thiophene rings is 3. The van der Waals surface area contributed by atoms with Gasteiger partial charge in [0.25, 0.3) is 6.47 Å². The minimum absolute atomic E-state index is 0. The molecule has 0 aliphatic rings. The number of ether oxygens (including phenoxy) is 2. The summed E-state index contributed by atoms with van der Waals surface area (Å²) >= 11 is 5.09. The van der Waals surface area contributed by atoms with Crippen LogP contribution < -0.4 is 160 Å². The van der Waals surface area contributed by atoms with Crippen LogP contribution in [0, 0.1) is 33.1 Å². The number of nitrogens with two attached hydrogens (primary N) is 1. The summed E-state index contributed by atoms with van der Waals surface area (Å²) in [5.74, 6) is 8.65. The van der Waals surface area contributed by atoms with Crippen LogP contribution in [0.5, 0.6) is 0 Å². The first-order valence-corrected chi connectivity index (χ1v) is 30.1. The van der Waals surface area contributed by atoms with Gasteiger partial charge >= 0.3 is 167 Å². The molecule has 0 aliphatic carbocycles. The number of esters is 2. The molecule has 476 valence electrons. The molecule has 28 heteroatoms. The third-order valence-corrected chi connectivity index (χ3v) is 16.5. The Morgan fingerprint density at radius 1 is 0.606 bits per heavy atom. The first-order valence-electron chi connectivity index (χ1n) is 27.4. The van der Waals surface area contributed by atoms with Gasteiger partial charge in [0.2, 0.25) is 0 Å². The van der Waals surface area contributed by atoms with Gasteiger partial charge in [-0.05, 0) is 139 Å². The zero-order valence-corrected chi connectivity index (χ0v) is 63.9. The Labute approximate surface area is 660 Å². The van der Waals surface area contributed by atoms with Gasteiger partial charge in [0.15, 0.2) is 0 Å². The number of aromatic nitrogens is 6. The number of nitrogens with zero attached hydrogens (tertiary/aromatic N) is 5. The van der Waals surface area contributed by atoms with Crippen molar-refractivity contribution in [2.45, 2.75) is 54.3 Å².